The number of halogens is 3. The van der Waals surface area contributed by atoms with Crippen molar-refractivity contribution in [2.24, 2.45) is 0 Å². The molecule has 1 aliphatic heterocycles. The van der Waals surface area contributed by atoms with Gasteiger partial charge in [-0.2, -0.15) is 24.9 Å². The number of rotatable bonds is 12. The van der Waals surface area contributed by atoms with E-state index in [0.717, 1.165) is 12.0 Å². The molecule has 2 N–H and O–H groups in total. The number of likely N-dealkylation sites (tertiary alicyclic amines) is 1. The van der Waals surface area contributed by atoms with Crippen LogP contribution >= 0.6 is 11.8 Å². The topological polar surface area (TPSA) is 144 Å². The highest BCUT2D eigenvalue weighted by molar-refractivity contribution is 7.98. The van der Waals surface area contributed by atoms with E-state index in [9.17, 15) is 27.6 Å². The average Bonchev–Trinajstić information content (AvgIpc) is 3.47. The largest absolute Gasteiger partial charge is 0.490 e. The van der Waals surface area contributed by atoms with E-state index in [0.29, 0.717) is 30.9 Å². The zero-order valence-corrected chi connectivity index (χ0v) is 24.5. The lowest BCUT2D eigenvalue weighted by atomic mass is 10.1. The van der Waals surface area contributed by atoms with Crippen LogP contribution in [0, 0.1) is 0 Å². The first-order chi connectivity index (χ1) is 20.4. The summed E-state index contributed by atoms with van der Waals surface area (Å²) in [5.41, 5.74) is -0.623. The second-order valence-corrected chi connectivity index (χ2v) is 10.2. The van der Waals surface area contributed by atoms with Crippen LogP contribution in [0.2, 0.25) is 0 Å². The van der Waals surface area contributed by atoms with Crippen molar-refractivity contribution in [2.75, 3.05) is 32.3 Å². The molecule has 0 bridgehead atoms. The average molecular weight is 630 g/mol. The first kappa shape index (κ1) is 35.3. The van der Waals surface area contributed by atoms with Crippen molar-refractivity contribution in [1.82, 2.24) is 15.2 Å². The zero-order valence-electron chi connectivity index (χ0n) is 23.7. The number of thioether (sulfide) groups is 1. The van der Waals surface area contributed by atoms with E-state index in [1.165, 1.54) is 25.1 Å². The van der Waals surface area contributed by atoms with E-state index in [1.54, 1.807) is 23.2 Å². The van der Waals surface area contributed by atoms with Crippen molar-refractivity contribution in [3.63, 3.8) is 0 Å². The van der Waals surface area contributed by atoms with Gasteiger partial charge in [-0.15, -0.1) is 0 Å². The number of hydrogen-bond acceptors (Lipinski definition) is 9. The fourth-order valence-corrected chi connectivity index (χ4v) is 4.53. The van der Waals surface area contributed by atoms with Crippen molar-refractivity contribution in [3.05, 3.63) is 60.4 Å². The van der Waals surface area contributed by atoms with Crippen LogP contribution in [0.1, 0.15) is 31.2 Å². The van der Waals surface area contributed by atoms with Gasteiger partial charge in [-0.1, -0.05) is 30.3 Å². The second kappa shape index (κ2) is 17.3. The van der Waals surface area contributed by atoms with Gasteiger partial charge >= 0.3 is 24.2 Å². The zero-order chi connectivity index (χ0) is 31.9. The molecule has 2 amide bonds. The number of carboxylic acid groups (broad SMARTS) is 1. The summed E-state index contributed by atoms with van der Waals surface area (Å²) in [5.74, 6) is -2.83. The predicted octanol–water partition coefficient (Wildman–Crippen LogP) is 4.07. The minimum Gasteiger partial charge on any atom is -0.475 e. The van der Waals surface area contributed by atoms with Gasteiger partial charge in [0.15, 0.2) is 5.75 Å². The molecule has 15 heteroatoms. The summed E-state index contributed by atoms with van der Waals surface area (Å²) in [5, 5.41) is 9.93. The Kier molecular flexibility index (Phi) is 14.2. The van der Waals surface area contributed by atoms with Gasteiger partial charge < -0.3 is 29.5 Å². The molecule has 43 heavy (non-hydrogen) atoms. The number of methoxy groups -OCH3 is 1. The van der Waals surface area contributed by atoms with Crippen molar-refractivity contribution in [1.29, 1.82) is 0 Å². The summed E-state index contributed by atoms with van der Waals surface area (Å²) >= 11 is 1.53. The number of alkyl halides is 3. The highest BCUT2D eigenvalue weighted by Crippen LogP contribution is 2.24. The summed E-state index contributed by atoms with van der Waals surface area (Å²) in [6, 6.07) is 12.7. The molecule has 2 heterocycles. The van der Waals surface area contributed by atoms with E-state index in [-0.39, 0.29) is 31.4 Å². The minimum absolute atomic E-state index is 0.0462. The van der Waals surface area contributed by atoms with Gasteiger partial charge in [0, 0.05) is 25.6 Å². The molecule has 2 aromatic rings. The lowest BCUT2D eigenvalue weighted by Crippen LogP contribution is -2.59. The number of carbonyl (C=O) groups excluding carboxylic acids is 3. The smallest absolute Gasteiger partial charge is 0.475 e. The molecule has 3 rings (SSSR count). The molecule has 0 saturated carbocycles. The van der Waals surface area contributed by atoms with Crippen molar-refractivity contribution in [3.8, 4) is 5.75 Å². The molecule has 1 aromatic carbocycles. The number of amides is 2. The Morgan fingerprint density at radius 2 is 1.84 bits per heavy atom. The molecular formula is C28H34F3N3O8S. The number of pyridine rings is 1. The molecule has 0 spiro atoms. The number of carbonyl (C=O) groups is 4. The van der Waals surface area contributed by atoms with Gasteiger partial charge in [0.25, 0.3) is 0 Å². The normalized spacial score (nSPS) is 15.8. The van der Waals surface area contributed by atoms with Gasteiger partial charge in [0.2, 0.25) is 11.6 Å². The maximum atomic E-state index is 12.9. The van der Waals surface area contributed by atoms with Crippen LogP contribution in [-0.4, -0.2) is 89.1 Å². The summed E-state index contributed by atoms with van der Waals surface area (Å²) in [4.78, 5) is 53.0. The van der Waals surface area contributed by atoms with Crippen LogP contribution < -0.4 is 10.1 Å². The Bertz CT molecular complexity index is 1190. The molecule has 1 fully saturated rings. The van der Waals surface area contributed by atoms with Crippen molar-refractivity contribution < 1.29 is 51.7 Å². The lowest BCUT2D eigenvalue weighted by molar-refractivity contribution is -0.192. The Morgan fingerprint density at radius 3 is 2.42 bits per heavy atom. The molecule has 0 aliphatic carbocycles. The SMILES string of the molecule is COC(=O)[C@@](CCSC)(NC(=O)CCc1ccccc1)OC[C@@H]1CCCN1C(=O)Oc1cccnc1.O=C(O)C(F)(F)F. The van der Waals surface area contributed by atoms with Crippen LogP contribution in [0.4, 0.5) is 18.0 Å². The predicted molar refractivity (Wildman–Crippen MR) is 150 cm³/mol. The highest BCUT2D eigenvalue weighted by Gasteiger charge is 2.44. The second-order valence-electron chi connectivity index (χ2n) is 9.26. The maximum Gasteiger partial charge on any atom is 0.490 e. The first-order valence-corrected chi connectivity index (χ1v) is 14.6. The van der Waals surface area contributed by atoms with Gasteiger partial charge in [-0.3, -0.25) is 9.78 Å². The number of ether oxygens (including phenoxy) is 3. The van der Waals surface area contributed by atoms with Gasteiger partial charge in [0.1, 0.15) is 0 Å². The van der Waals surface area contributed by atoms with Crippen molar-refractivity contribution >= 4 is 35.7 Å². The fraction of sp³-hybridized carbons (Fsp3) is 0.464. The lowest BCUT2D eigenvalue weighted by Gasteiger charge is -2.34. The van der Waals surface area contributed by atoms with Gasteiger partial charge in [-0.05, 0) is 49.0 Å². The molecule has 1 saturated heterocycles. The molecule has 1 aromatic heterocycles. The number of aliphatic carboxylic acids is 1. The van der Waals surface area contributed by atoms with Gasteiger partial charge in [-0.25, -0.2) is 14.4 Å². The van der Waals surface area contributed by atoms with E-state index in [4.69, 9.17) is 24.1 Å². The van der Waals surface area contributed by atoms with E-state index in [1.807, 2.05) is 36.6 Å². The third-order valence-corrected chi connectivity index (χ3v) is 6.83. The summed E-state index contributed by atoms with van der Waals surface area (Å²) in [7, 11) is 1.27. The number of carboxylic acids is 1. The summed E-state index contributed by atoms with van der Waals surface area (Å²) in [6.45, 7) is 0.553. The molecule has 1 aliphatic rings. The monoisotopic (exact) mass is 629 g/mol. The van der Waals surface area contributed by atoms with Gasteiger partial charge in [0.05, 0.1) is 26.0 Å². The third kappa shape index (κ3) is 11.7. The Hall–Kier alpha value is -3.85. The van der Waals surface area contributed by atoms with E-state index >= 15 is 0 Å². The molecular weight excluding hydrogens is 595 g/mol. The molecule has 0 radical (unpaired) electrons. The van der Waals surface area contributed by atoms with Crippen molar-refractivity contribution in [2.45, 2.75) is 50.0 Å². The van der Waals surface area contributed by atoms with Crippen LogP contribution in [0.5, 0.6) is 5.75 Å². The number of nitrogens with one attached hydrogen (secondary N) is 1. The number of hydrogen-bond donors (Lipinski definition) is 2. The van der Waals surface area contributed by atoms with E-state index < -0.39 is 29.9 Å². The highest BCUT2D eigenvalue weighted by atomic mass is 32.2. The number of nitrogens with zero attached hydrogens (tertiary/aromatic N) is 2. The summed E-state index contributed by atoms with van der Waals surface area (Å²) in [6.07, 6.45) is 1.79. The number of aryl methyl sites for hydroxylation is 1. The van der Waals surface area contributed by atoms with Crippen LogP contribution in [0.15, 0.2) is 54.9 Å². The number of esters is 1. The Balaban J connectivity index is 0.000000821. The quantitative estimate of drug-likeness (QED) is 0.261. The molecule has 2 atom stereocenters. The van der Waals surface area contributed by atoms with Crippen LogP contribution in [0.25, 0.3) is 0 Å². The van der Waals surface area contributed by atoms with Crippen LogP contribution in [0.3, 0.4) is 0 Å². The van der Waals surface area contributed by atoms with E-state index in [2.05, 4.69) is 10.3 Å². The molecule has 11 nitrogen and oxygen atoms in total. The van der Waals surface area contributed by atoms with Crippen LogP contribution in [-0.2, 0) is 30.3 Å². The Labute approximate surface area is 251 Å². The third-order valence-electron chi connectivity index (χ3n) is 6.21. The fourth-order valence-electron chi connectivity index (χ4n) is 4.04. The Morgan fingerprint density at radius 1 is 1.14 bits per heavy atom. The molecule has 0 unspecified atom stereocenters. The minimum atomic E-state index is -5.08. The molecule has 236 valence electrons. The summed E-state index contributed by atoms with van der Waals surface area (Å²) < 4.78 is 48.4. The standard InChI is InChI=1S/C26H33N3O6S.C2HF3O2/c1-33-24(31)26(14-17-36-2,28-23(30)13-12-20-8-4-3-5-9-20)34-19-21-10-7-16-29(21)25(32)35-22-11-6-15-27-18-22;3-2(4,5)1(6)7/h3-6,8-9,11,15,18,21H,7,10,12-14,16-17,19H2,1-2H3,(H,28,30);(H,6,7)/t21-,26-;/m0./s1. The first-order valence-electron chi connectivity index (χ1n) is 13.2. The number of aromatic nitrogens is 1. The number of benzene rings is 1. The maximum absolute atomic E-state index is 12.9.